The van der Waals surface area contributed by atoms with Crippen molar-refractivity contribution in [1.29, 1.82) is 0 Å². The molecule has 0 aliphatic heterocycles. The van der Waals surface area contributed by atoms with E-state index in [9.17, 15) is 13.2 Å². The molecule has 3 aromatic rings. The Hall–Kier alpha value is -2.00. The highest BCUT2D eigenvalue weighted by Crippen LogP contribution is 2.22. The van der Waals surface area contributed by atoms with Crippen molar-refractivity contribution in [2.45, 2.75) is 24.2 Å². The van der Waals surface area contributed by atoms with Gasteiger partial charge in [0, 0.05) is 25.9 Å². The van der Waals surface area contributed by atoms with Crippen LogP contribution in [0.25, 0.3) is 10.2 Å². The van der Waals surface area contributed by atoms with E-state index in [0.29, 0.717) is 6.54 Å². The first kappa shape index (κ1) is 20.7. The highest BCUT2D eigenvalue weighted by molar-refractivity contribution is 7.89. The molecule has 0 bridgehead atoms. The van der Waals surface area contributed by atoms with Crippen LogP contribution in [-0.2, 0) is 21.2 Å². The molecule has 0 atom stereocenters. The number of hydrogen-bond donors (Lipinski definition) is 2. The van der Waals surface area contributed by atoms with Crippen molar-refractivity contribution < 1.29 is 13.2 Å². The maximum Gasteiger partial charge on any atom is 0.242 e. The molecule has 28 heavy (non-hydrogen) atoms. The average Bonchev–Trinajstić information content (AvgIpc) is 3.08. The topological polar surface area (TPSA) is 88.2 Å². The van der Waals surface area contributed by atoms with Crippen LogP contribution in [0.5, 0.6) is 0 Å². The molecule has 2 aromatic carbocycles. The Labute approximate surface area is 173 Å². The zero-order valence-corrected chi connectivity index (χ0v) is 17.4. The molecular weight excluding hydrogens is 418 g/mol. The summed E-state index contributed by atoms with van der Waals surface area (Å²) in [5, 5.41) is 3.99. The van der Waals surface area contributed by atoms with Crippen molar-refractivity contribution >= 4 is 49.1 Å². The third-order valence-corrected chi connectivity index (χ3v) is 7.06. The molecule has 0 aliphatic carbocycles. The molecule has 1 amide bonds. The second-order valence-electron chi connectivity index (χ2n) is 6.11. The van der Waals surface area contributed by atoms with Crippen LogP contribution in [0.2, 0.25) is 5.02 Å². The third-order valence-electron chi connectivity index (χ3n) is 4.00. The van der Waals surface area contributed by atoms with Gasteiger partial charge >= 0.3 is 0 Å². The average molecular weight is 438 g/mol. The van der Waals surface area contributed by atoms with Crippen LogP contribution < -0.4 is 10.0 Å². The summed E-state index contributed by atoms with van der Waals surface area (Å²) in [6, 6.07) is 14.2. The van der Waals surface area contributed by atoms with E-state index < -0.39 is 10.0 Å². The Morgan fingerprint density at radius 2 is 1.82 bits per heavy atom. The number of halogens is 1. The van der Waals surface area contributed by atoms with Crippen LogP contribution in [-0.4, -0.2) is 32.4 Å². The number of hydrogen-bond acceptors (Lipinski definition) is 5. The molecule has 0 saturated heterocycles. The monoisotopic (exact) mass is 437 g/mol. The van der Waals surface area contributed by atoms with Gasteiger partial charge < -0.3 is 5.32 Å². The Bertz CT molecular complexity index is 1030. The van der Waals surface area contributed by atoms with Crippen molar-refractivity contribution in [3.05, 3.63) is 58.6 Å². The Balaban J connectivity index is 1.37. The molecule has 2 N–H and O–H groups in total. The van der Waals surface area contributed by atoms with Crippen LogP contribution in [0.1, 0.15) is 17.8 Å². The molecule has 148 valence electrons. The zero-order valence-electron chi connectivity index (χ0n) is 15.0. The SMILES string of the molecule is O=C(CCNS(=O)(=O)c1ccccc1Cl)NCCCc1nc2ccccc2s1. The summed E-state index contributed by atoms with van der Waals surface area (Å²) in [5.74, 6) is -0.203. The van der Waals surface area contributed by atoms with E-state index in [-0.39, 0.29) is 28.8 Å². The number of nitrogens with zero attached hydrogens (tertiary/aromatic N) is 1. The smallest absolute Gasteiger partial charge is 0.242 e. The predicted octanol–water partition coefficient (Wildman–Crippen LogP) is 3.37. The second-order valence-corrected chi connectivity index (χ2v) is 9.36. The molecule has 0 unspecified atom stereocenters. The Morgan fingerprint density at radius 3 is 2.61 bits per heavy atom. The largest absolute Gasteiger partial charge is 0.356 e. The third kappa shape index (κ3) is 5.51. The molecular formula is C19H20ClN3O3S2. The molecule has 0 radical (unpaired) electrons. The second kappa shape index (κ2) is 9.47. The summed E-state index contributed by atoms with van der Waals surface area (Å²) in [6.07, 6.45) is 1.63. The number of sulfonamides is 1. The molecule has 3 rings (SSSR count). The number of aryl methyl sites for hydroxylation is 1. The minimum absolute atomic E-state index is 0.00732. The van der Waals surface area contributed by atoms with E-state index in [1.54, 1.807) is 23.5 Å². The summed E-state index contributed by atoms with van der Waals surface area (Å²) in [6.45, 7) is 0.531. The highest BCUT2D eigenvalue weighted by atomic mass is 35.5. The van der Waals surface area contributed by atoms with Gasteiger partial charge in [-0.15, -0.1) is 11.3 Å². The number of thiazole rings is 1. The standard InChI is InChI=1S/C19H20ClN3O3S2/c20-14-6-1-4-9-17(14)28(25,26)22-13-11-18(24)21-12-5-10-19-23-15-7-2-3-8-16(15)27-19/h1-4,6-9,22H,5,10-13H2,(H,21,24). The molecule has 6 nitrogen and oxygen atoms in total. The van der Waals surface area contributed by atoms with Gasteiger partial charge in [0.2, 0.25) is 15.9 Å². The number of fused-ring (bicyclic) bond motifs is 1. The molecule has 0 fully saturated rings. The quantitative estimate of drug-likeness (QED) is 0.502. The van der Waals surface area contributed by atoms with Crippen LogP contribution in [0, 0.1) is 0 Å². The maximum absolute atomic E-state index is 12.2. The van der Waals surface area contributed by atoms with Gasteiger partial charge in [0.05, 0.1) is 20.2 Å². The highest BCUT2D eigenvalue weighted by Gasteiger charge is 2.17. The van der Waals surface area contributed by atoms with E-state index >= 15 is 0 Å². The molecule has 0 saturated carbocycles. The van der Waals surface area contributed by atoms with Crippen LogP contribution in [0.3, 0.4) is 0 Å². The van der Waals surface area contributed by atoms with Crippen molar-refractivity contribution in [3.63, 3.8) is 0 Å². The number of amides is 1. The van der Waals surface area contributed by atoms with Crippen molar-refractivity contribution in [3.8, 4) is 0 Å². The van der Waals surface area contributed by atoms with Gasteiger partial charge in [-0.25, -0.2) is 18.1 Å². The Morgan fingerprint density at radius 1 is 1.07 bits per heavy atom. The minimum atomic E-state index is -3.73. The molecule has 1 aromatic heterocycles. The van der Waals surface area contributed by atoms with Gasteiger partial charge in [-0.05, 0) is 30.7 Å². The van der Waals surface area contributed by atoms with Gasteiger partial charge in [-0.3, -0.25) is 4.79 Å². The van der Waals surface area contributed by atoms with Gasteiger partial charge in [0.15, 0.2) is 0 Å². The number of carbonyl (C=O) groups is 1. The number of aromatic nitrogens is 1. The van der Waals surface area contributed by atoms with Crippen LogP contribution in [0.4, 0.5) is 0 Å². The Kier molecular flexibility index (Phi) is 7.01. The number of benzene rings is 2. The van der Waals surface area contributed by atoms with Gasteiger partial charge in [-0.1, -0.05) is 35.9 Å². The first-order valence-electron chi connectivity index (χ1n) is 8.81. The summed E-state index contributed by atoms with van der Waals surface area (Å²) in [7, 11) is -3.73. The maximum atomic E-state index is 12.2. The van der Waals surface area contributed by atoms with Gasteiger partial charge in [-0.2, -0.15) is 0 Å². The summed E-state index contributed by atoms with van der Waals surface area (Å²) >= 11 is 7.57. The molecule has 9 heteroatoms. The summed E-state index contributed by atoms with van der Waals surface area (Å²) in [4.78, 5) is 16.5. The number of rotatable bonds is 9. The lowest BCUT2D eigenvalue weighted by molar-refractivity contribution is -0.120. The van der Waals surface area contributed by atoms with E-state index in [4.69, 9.17) is 11.6 Å². The zero-order chi connectivity index (χ0) is 20.0. The van der Waals surface area contributed by atoms with Crippen molar-refractivity contribution in [2.75, 3.05) is 13.1 Å². The van der Waals surface area contributed by atoms with Gasteiger partial charge in [0.1, 0.15) is 4.90 Å². The first-order valence-corrected chi connectivity index (χ1v) is 11.5. The lowest BCUT2D eigenvalue weighted by atomic mass is 10.3. The lowest BCUT2D eigenvalue weighted by Gasteiger charge is -2.08. The van der Waals surface area contributed by atoms with E-state index in [0.717, 1.165) is 28.1 Å². The first-order chi connectivity index (χ1) is 13.5. The fourth-order valence-corrected chi connectivity index (χ4v) is 5.18. The number of para-hydroxylation sites is 1. The molecule has 1 heterocycles. The fourth-order valence-electron chi connectivity index (χ4n) is 2.62. The lowest BCUT2D eigenvalue weighted by Crippen LogP contribution is -2.31. The van der Waals surface area contributed by atoms with Crippen molar-refractivity contribution in [1.82, 2.24) is 15.0 Å². The van der Waals surface area contributed by atoms with Crippen molar-refractivity contribution in [2.24, 2.45) is 0 Å². The van der Waals surface area contributed by atoms with E-state index in [2.05, 4.69) is 15.0 Å². The fraction of sp³-hybridized carbons (Fsp3) is 0.263. The summed E-state index contributed by atoms with van der Waals surface area (Å²) in [5.41, 5.74) is 0.998. The molecule has 0 spiro atoms. The van der Waals surface area contributed by atoms with E-state index in [1.165, 1.54) is 12.1 Å². The normalized spacial score (nSPS) is 11.6. The van der Waals surface area contributed by atoms with E-state index in [1.807, 2.05) is 24.3 Å². The summed E-state index contributed by atoms with van der Waals surface area (Å²) < 4.78 is 27.9. The minimum Gasteiger partial charge on any atom is -0.356 e. The number of nitrogens with one attached hydrogen (secondary N) is 2. The van der Waals surface area contributed by atoms with Gasteiger partial charge in [0.25, 0.3) is 0 Å². The predicted molar refractivity (Wildman–Crippen MR) is 112 cm³/mol. The number of carbonyl (C=O) groups excluding carboxylic acids is 1. The van der Waals surface area contributed by atoms with Crippen LogP contribution in [0.15, 0.2) is 53.4 Å². The molecule has 0 aliphatic rings. The van der Waals surface area contributed by atoms with Crippen LogP contribution >= 0.6 is 22.9 Å².